The van der Waals surface area contributed by atoms with Crippen LogP contribution in [0, 0.1) is 6.92 Å². The topological polar surface area (TPSA) is 101 Å². The average Bonchev–Trinajstić information content (AvgIpc) is 3.06. The molecule has 3 aromatic heterocycles. The quantitative estimate of drug-likeness (QED) is 0.753. The monoisotopic (exact) mass is 327 g/mol. The molecule has 4 rings (SSSR count). The zero-order valence-electron chi connectivity index (χ0n) is 13.2. The minimum Gasteiger partial charge on any atom is -0.457 e. The Morgan fingerprint density at radius 3 is 2.88 bits per heavy atom. The molecule has 0 aliphatic carbocycles. The van der Waals surface area contributed by atoms with Gasteiger partial charge in [-0.1, -0.05) is 0 Å². The normalized spacial score (nSPS) is 18.1. The predicted molar refractivity (Wildman–Crippen MR) is 88.0 cm³/mol. The van der Waals surface area contributed by atoms with E-state index in [0.717, 1.165) is 37.2 Å². The van der Waals surface area contributed by atoms with Crippen LogP contribution >= 0.6 is 0 Å². The van der Waals surface area contributed by atoms with E-state index in [-0.39, 0.29) is 11.6 Å². The second-order valence-corrected chi connectivity index (χ2v) is 6.01. The van der Waals surface area contributed by atoms with Crippen molar-refractivity contribution >= 4 is 11.0 Å². The maximum absolute atomic E-state index is 12.0. The lowest BCUT2D eigenvalue weighted by Gasteiger charge is -2.20. The standard InChI is InChI=1S/C17H17N3O4/c1-9-8-10(18-15-14(9)19-17(22)20-16(15)21)11-5-6-13(24-11)12-4-2-3-7-23-12/h5-6,8,12H,2-4,7H2,1H3,(H2,19,20,21,22). The first-order chi connectivity index (χ1) is 11.6. The van der Waals surface area contributed by atoms with Gasteiger partial charge in [0.15, 0.2) is 11.3 Å². The molecule has 1 saturated heterocycles. The maximum atomic E-state index is 12.0. The molecular formula is C17H17N3O4. The third-order valence-corrected chi connectivity index (χ3v) is 4.27. The van der Waals surface area contributed by atoms with Crippen molar-refractivity contribution in [1.29, 1.82) is 0 Å². The molecule has 0 aromatic carbocycles. The first-order valence-electron chi connectivity index (χ1n) is 7.97. The summed E-state index contributed by atoms with van der Waals surface area (Å²) in [4.78, 5) is 32.6. The van der Waals surface area contributed by atoms with Gasteiger partial charge in [0.05, 0.1) is 5.52 Å². The Balaban J connectivity index is 1.78. The fraction of sp³-hybridized carbons (Fsp3) is 0.353. The highest BCUT2D eigenvalue weighted by atomic mass is 16.5. The van der Waals surface area contributed by atoms with Crippen LogP contribution in [0.25, 0.3) is 22.5 Å². The minimum absolute atomic E-state index is 0.0196. The lowest BCUT2D eigenvalue weighted by atomic mass is 10.1. The van der Waals surface area contributed by atoms with Gasteiger partial charge in [-0.15, -0.1) is 0 Å². The third kappa shape index (κ3) is 2.56. The summed E-state index contributed by atoms with van der Waals surface area (Å²) in [5.74, 6) is 1.36. The lowest BCUT2D eigenvalue weighted by molar-refractivity contribution is 0.00221. The molecule has 7 heteroatoms. The van der Waals surface area contributed by atoms with Gasteiger partial charge >= 0.3 is 5.69 Å². The number of pyridine rings is 1. The zero-order valence-corrected chi connectivity index (χ0v) is 13.2. The van der Waals surface area contributed by atoms with Gasteiger partial charge in [0.1, 0.15) is 17.6 Å². The molecule has 1 aliphatic rings. The summed E-state index contributed by atoms with van der Waals surface area (Å²) < 4.78 is 11.6. The molecule has 0 saturated carbocycles. The number of furan rings is 1. The number of nitrogens with zero attached hydrogens (tertiary/aromatic N) is 1. The molecule has 4 heterocycles. The number of H-pyrrole nitrogens is 2. The summed E-state index contributed by atoms with van der Waals surface area (Å²) >= 11 is 0. The summed E-state index contributed by atoms with van der Waals surface area (Å²) in [6.45, 7) is 2.56. The number of hydrogen-bond donors (Lipinski definition) is 2. The number of nitrogens with one attached hydrogen (secondary N) is 2. The Kier molecular flexibility index (Phi) is 3.57. The van der Waals surface area contributed by atoms with E-state index in [1.54, 1.807) is 6.07 Å². The first kappa shape index (κ1) is 14.9. The molecule has 1 atom stereocenters. The summed E-state index contributed by atoms with van der Waals surface area (Å²) in [6.07, 6.45) is 3.12. The van der Waals surface area contributed by atoms with E-state index in [0.29, 0.717) is 17.0 Å². The van der Waals surface area contributed by atoms with Gasteiger partial charge < -0.3 is 14.1 Å². The van der Waals surface area contributed by atoms with Crippen LogP contribution in [-0.4, -0.2) is 21.6 Å². The van der Waals surface area contributed by atoms with E-state index in [1.165, 1.54) is 0 Å². The summed E-state index contributed by atoms with van der Waals surface area (Å²) in [6, 6.07) is 5.52. The molecule has 3 aromatic rings. The van der Waals surface area contributed by atoms with E-state index >= 15 is 0 Å². The minimum atomic E-state index is -0.542. The molecule has 1 fully saturated rings. The Bertz CT molecular complexity index is 1010. The maximum Gasteiger partial charge on any atom is 0.326 e. The van der Waals surface area contributed by atoms with Crippen molar-refractivity contribution in [2.75, 3.05) is 6.61 Å². The molecule has 2 N–H and O–H groups in total. The number of fused-ring (bicyclic) bond motifs is 1. The molecule has 7 nitrogen and oxygen atoms in total. The summed E-state index contributed by atoms with van der Waals surface area (Å²) in [5.41, 5.74) is 0.886. The molecule has 0 spiro atoms. The number of ether oxygens (including phenoxy) is 1. The van der Waals surface area contributed by atoms with Gasteiger partial charge in [-0.25, -0.2) is 9.78 Å². The predicted octanol–water partition coefficient (Wildman–Crippen LogP) is 2.42. The van der Waals surface area contributed by atoms with E-state index in [9.17, 15) is 9.59 Å². The van der Waals surface area contributed by atoms with Crippen molar-refractivity contribution in [2.45, 2.75) is 32.3 Å². The highest BCUT2D eigenvalue weighted by Gasteiger charge is 2.20. The molecule has 124 valence electrons. The highest BCUT2D eigenvalue weighted by molar-refractivity contribution is 5.79. The molecule has 1 aliphatic heterocycles. The van der Waals surface area contributed by atoms with Gasteiger partial charge in [0.2, 0.25) is 0 Å². The van der Waals surface area contributed by atoms with Gasteiger partial charge in [-0.05, 0) is 49.9 Å². The highest BCUT2D eigenvalue weighted by Crippen LogP contribution is 2.32. The fourth-order valence-electron chi connectivity index (χ4n) is 3.06. The second-order valence-electron chi connectivity index (χ2n) is 6.01. The lowest BCUT2D eigenvalue weighted by Crippen LogP contribution is -2.23. The van der Waals surface area contributed by atoms with Crippen molar-refractivity contribution in [2.24, 2.45) is 0 Å². The van der Waals surface area contributed by atoms with Crippen LogP contribution in [0.15, 0.2) is 32.2 Å². The van der Waals surface area contributed by atoms with Gasteiger partial charge in [-0.2, -0.15) is 0 Å². The van der Waals surface area contributed by atoms with Crippen LogP contribution < -0.4 is 11.2 Å². The molecule has 24 heavy (non-hydrogen) atoms. The van der Waals surface area contributed by atoms with E-state index < -0.39 is 11.2 Å². The number of aryl methyl sites for hydroxylation is 1. The SMILES string of the molecule is Cc1cc(-c2ccc(C3CCCCO3)o2)nc2c(=O)[nH]c(=O)[nH]c12. The molecular weight excluding hydrogens is 310 g/mol. The second kappa shape index (κ2) is 5.76. The van der Waals surface area contributed by atoms with Crippen molar-refractivity contribution in [1.82, 2.24) is 15.0 Å². The number of aromatic nitrogens is 3. The third-order valence-electron chi connectivity index (χ3n) is 4.27. The van der Waals surface area contributed by atoms with Gasteiger partial charge in [0.25, 0.3) is 5.56 Å². The van der Waals surface area contributed by atoms with E-state index in [1.807, 2.05) is 19.1 Å². The van der Waals surface area contributed by atoms with Crippen molar-refractivity contribution in [3.8, 4) is 11.5 Å². The number of hydrogen-bond acceptors (Lipinski definition) is 5. The van der Waals surface area contributed by atoms with Gasteiger partial charge in [-0.3, -0.25) is 9.78 Å². The largest absolute Gasteiger partial charge is 0.457 e. The molecule has 1 unspecified atom stereocenters. The first-order valence-corrected chi connectivity index (χ1v) is 7.97. The van der Waals surface area contributed by atoms with Crippen molar-refractivity contribution < 1.29 is 9.15 Å². The van der Waals surface area contributed by atoms with Crippen LogP contribution in [0.3, 0.4) is 0 Å². The Labute approximate surface area is 136 Å². The Morgan fingerprint density at radius 2 is 2.08 bits per heavy atom. The van der Waals surface area contributed by atoms with Crippen LogP contribution in [0.4, 0.5) is 0 Å². The van der Waals surface area contributed by atoms with Crippen LogP contribution in [0.1, 0.15) is 36.7 Å². The average molecular weight is 327 g/mol. The molecule has 0 bridgehead atoms. The van der Waals surface area contributed by atoms with Crippen LogP contribution in [0.2, 0.25) is 0 Å². The van der Waals surface area contributed by atoms with E-state index in [4.69, 9.17) is 9.15 Å². The molecule has 0 amide bonds. The zero-order chi connectivity index (χ0) is 16.7. The van der Waals surface area contributed by atoms with Crippen LogP contribution in [0.5, 0.6) is 0 Å². The molecule has 0 radical (unpaired) electrons. The van der Waals surface area contributed by atoms with Crippen LogP contribution in [-0.2, 0) is 4.74 Å². The Morgan fingerprint density at radius 1 is 1.21 bits per heavy atom. The summed E-state index contributed by atoms with van der Waals surface area (Å²) in [7, 11) is 0. The van der Waals surface area contributed by atoms with E-state index in [2.05, 4.69) is 15.0 Å². The number of rotatable bonds is 2. The number of aromatic amines is 2. The van der Waals surface area contributed by atoms with Gasteiger partial charge in [0, 0.05) is 6.61 Å². The fourth-order valence-corrected chi connectivity index (χ4v) is 3.06. The van der Waals surface area contributed by atoms with Crippen molar-refractivity contribution in [3.05, 3.63) is 50.4 Å². The van der Waals surface area contributed by atoms with Crippen molar-refractivity contribution in [3.63, 3.8) is 0 Å². The summed E-state index contributed by atoms with van der Waals surface area (Å²) in [5, 5.41) is 0. The smallest absolute Gasteiger partial charge is 0.326 e. The Hall–Kier alpha value is -2.67.